The monoisotopic (exact) mass is 525 g/mol. The summed E-state index contributed by atoms with van der Waals surface area (Å²) in [4.78, 5) is 24.2. The Morgan fingerprint density at radius 1 is 1.20 bits per heavy atom. The number of carbonyl (C=O) groups excluding carboxylic acids is 2. The lowest BCUT2D eigenvalue weighted by Gasteiger charge is -2.18. The molecule has 0 aromatic heterocycles. The van der Waals surface area contributed by atoms with Crippen LogP contribution in [-0.4, -0.2) is 36.5 Å². The van der Waals surface area contributed by atoms with Crippen LogP contribution in [0.15, 0.2) is 47.6 Å². The van der Waals surface area contributed by atoms with Crippen molar-refractivity contribution in [2.24, 2.45) is 5.10 Å². The van der Waals surface area contributed by atoms with Crippen molar-refractivity contribution in [3.8, 4) is 11.5 Å². The number of hydrogen-bond acceptors (Lipinski definition) is 6. The van der Waals surface area contributed by atoms with E-state index in [-0.39, 0.29) is 24.7 Å². The molecule has 0 saturated carbocycles. The van der Waals surface area contributed by atoms with E-state index in [1.54, 1.807) is 19.1 Å². The lowest BCUT2D eigenvalue weighted by molar-refractivity contribution is -0.121. The van der Waals surface area contributed by atoms with Crippen molar-refractivity contribution in [2.45, 2.75) is 26.3 Å². The topological polar surface area (TPSA) is 109 Å². The van der Waals surface area contributed by atoms with E-state index in [0.717, 1.165) is 5.56 Å². The number of phenolic OH excluding ortho intramolecular Hbond substituents is 1. The Hall–Kier alpha value is -2.82. The van der Waals surface area contributed by atoms with E-state index >= 15 is 0 Å². The maximum Gasteiger partial charge on any atom is 0.407 e. The second-order valence-corrected chi connectivity index (χ2v) is 7.27. The van der Waals surface area contributed by atoms with E-state index < -0.39 is 12.1 Å². The standard InChI is InChI=1S/C21H24IN3O5/c1-3-29-18-11-14(10-16(22)20(18)27)13-23-25-19(26)12-17(24-21(28)30-4-2)15-8-6-5-7-9-15/h5-11,13,17,27H,3-4,12H2,1-2H3,(H,24,28)(H,25,26)/b23-13-/t17-/m0/s1. The molecule has 0 heterocycles. The molecule has 0 saturated heterocycles. The van der Waals surface area contributed by atoms with Gasteiger partial charge in [-0.25, -0.2) is 10.2 Å². The minimum Gasteiger partial charge on any atom is -0.504 e. The fraction of sp³-hybridized carbons (Fsp3) is 0.286. The molecule has 2 rings (SSSR count). The quantitative estimate of drug-likeness (QED) is 0.263. The minimum atomic E-state index is -0.593. The first kappa shape index (κ1) is 23.5. The Morgan fingerprint density at radius 2 is 1.93 bits per heavy atom. The third kappa shape index (κ3) is 7.21. The summed E-state index contributed by atoms with van der Waals surface area (Å²) in [5.74, 6) is 0.0322. The average molecular weight is 525 g/mol. The summed E-state index contributed by atoms with van der Waals surface area (Å²) in [6.07, 6.45) is 0.847. The number of carbonyl (C=O) groups is 2. The van der Waals surface area contributed by atoms with Crippen LogP contribution < -0.4 is 15.5 Å². The van der Waals surface area contributed by atoms with Gasteiger partial charge in [0, 0.05) is 0 Å². The predicted molar refractivity (Wildman–Crippen MR) is 122 cm³/mol. The zero-order valence-electron chi connectivity index (χ0n) is 16.7. The summed E-state index contributed by atoms with van der Waals surface area (Å²) in [6, 6.07) is 11.9. The highest BCUT2D eigenvalue weighted by molar-refractivity contribution is 14.1. The number of aromatic hydroxyl groups is 1. The van der Waals surface area contributed by atoms with Crippen molar-refractivity contribution < 1.29 is 24.2 Å². The third-order valence-electron chi connectivity index (χ3n) is 3.91. The number of phenols is 1. The molecule has 1 atom stereocenters. The molecule has 0 aliphatic rings. The molecule has 30 heavy (non-hydrogen) atoms. The van der Waals surface area contributed by atoms with E-state index in [1.807, 2.05) is 59.8 Å². The Kier molecular flexibility index (Phi) is 9.39. The molecule has 0 spiro atoms. The third-order valence-corrected chi connectivity index (χ3v) is 4.73. The van der Waals surface area contributed by atoms with E-state index in [9.17, 15) is 14.7 Å². The first-order chi connectivity index (χ1) is 14.4. The number of halogens is 1. The minimum absolute atomic E-state index is 0.0164. The SMILES string of the molecule is CCOC(=O)N[C@@H](CC(=O)N/N=C\c1cc(I)c(O)c(OCC)c1)c1ccccc1. The number of rotatable bonds is 9. The van der Waals surface area contributed by atoms with Crippen LogP contribution in [0.3, 0.4) is 0 Å². The second-order valence-electron chi connectivity index (χ2n) is 6.11. The van der Waals surface area contributed by atoms with Gasteiger partial charge in [-0.2, -0.15) is 5.10 Å². The summed E-state index contributed by atoms with van der Waals surface area (Å²) < 4.78 is 10.9. The van der Waals surface area contributed by atoms with Crippen LogP contribution in [0, 0.1) is 3.57 Å². The molecule has 160 valence electrons. The first-order valence-electron chi connectivity index (χ1n) is 9.40. The largest absolute Gasteiger partial charge is 0.504 e. The summed E-state index contributed by atoms with van der Waals surface area (Å²) in [5.41, 5.74) is 3.89. The maximum absolute atomic E-state index is 12.4. The first-order valence-corrected chi connectivity index (χ1v) is 10.5. The number of hydrogen-bond donors (Lipinski definition) is 3. The molecule has 0 bridgehead atoms. The van der Waals surface area contributed by atoms with Gasteiger partial charge in [-0.3, -0.25) is 4.79 Å². The Labute approximate surface area is 188 Å². The van der Waals surface area contributed by atoms with Crippen LogP contribution in [0.25, 0.3) is 0 Å². The molecular formula is C21H24IN3O5. The van der Waals surface area contributed by atoms with Crippen molar-refractivity contribution in [1.29, 1.82) is 0 Å². The molecule has 0 aliphatic carbocycles. The molecule has 9 heteroatoms. The fourth-order valence-corrected chi connectivity index (χ4v) is 3.22. The average Bonchev–Trinajstić information content (AvgIpc) is 2.72. The number of alkyl carbamates (subject to hydrolysis) is 1. The van der Waals surface area contributed by atoms with Gasteiger partial charge < -0.3 is 19.9 Å². The van der Waals surface area contributed by atoms with Crippen molar-refractivity contribution in [3.63, 3.8) is 0 Å². The van der Waals surface area contributed by atoms with Gasteiger partial charge in [0.15, 0.2) is 11.5 Å². The van der Waals surface area contributed by atoms with Gasteiger partial charge in [0.1, 0.15) is 0 Å². The number of benzene rings is 2. The Bertz CT molecular complexity index is 890. The number of ether oxygens (including phenoxy) is 2. The van der Waals surface area contributed by atoms with Crippen molar-refractivity contribution >= 4 is 40.8 Å². The Morgan fingerprint density at radius 3 is 2.60 bits per heavy atom. The molecule has 8 nitrogen and oxygen atoms in total. The van der Waals surface area contributed by atoms with Crippen molar-refractivity contribution in [2.75, 3.05) is 13.2 Å². The smallest absolute Gasteiger partial charge is 0.407 e. The lowest BCUT2D eigenvalue weighted by atomic mass is 10.0. The normalized spacial score (nSPS) is 11.7. The van der Waals surface area contributed by atoms with Crippen LogP contribution in [0.1, 0.15) is 37.4 Å². The fourth-order valence-electron chi connectivity index (χ4n) is 2.60. The van der Waals surface area contributed by atoms with Crippen molar-refractivity contribution in [1.82, 2.24) is 10.7 Å². The number of hydrazone groups is 1. The summed E-state index contributed by atoms with van der Waals surface area (Å²) in [6.45, 7) is 4.18. The molecule has 0 unspecified atom stereocenters. The van der Waals surface area contributed by atoms with Crippen molar-refractivity contribution in [3.05, 3.63) is 57.2 Å². The molecule has 2 amide bonds. The van der Waals surface area contributed by atoms with E-state index in [2.05, 4.69) is 15.8 Å². The molecule has 0 aliphatic heterocycles. The molecule has 0 fully saturated rings. The van der Waals surface area contributed by atoms with Gasteiger partial charge in [0.05, 0.1) is 35.5 Å². The highest BCUT2D eigenvalue weighted by atomic mass is 127. The van der Waals surface area contributed by atoms with Crippen LogP contribution >= 0.6 is 22.6 Å². The van der Waals surface area contributed by atoms with E-state index in [4.69, 9.17) is 9.47 Å². The zero-order valence-corrected chi connectivity index (χ0v) is 18.9. The molecule has 3 N–H and O–H groups in total. The zero-order chi connectivity index (χ0) is 21.9. The van der Waals surface area contributed by atoms with Gasteiger partial charge >= 0.3 is 6.09 Å². The summed E-state index contributed by atoms with van der Waals surface area (Å²) in [7, 11) is 0. The number of amides is 2. The van der Waals surface area contributed by atoms with Gasteiger partial charge in [-0.05, 0) is 59.7 Å². The molecule has 2 aromatic carbocycles. The van der Waals surface area contributed by atoms with Gasteiger partial charge in [0.25, 0.3) is 0 Å². The van der Waals surface area contributed by atoms with Crippen LogP contribution in [0.5, 0.6) is 11.5 Å². The number of nitrogens with zero attached hydrogens (tertiary/aromatic N) is 1. The molecule has 2 aromatic rings. The van der Waals surface area contributed by atoms with Gasteiger partial charge in [-0.15, -0.1) is 0 Å². The van der Waals surface area contributed by atoms with Gasteiger partial charge in [-0.1, -0.05) is 30.3 Å². The van der Waals surface area contributed by atoms with E-state index in [0.29, 0.717) is 21.5 Å². The highest BCUT2D eigenvalue weighted by Gasteiger charge is 2.18. The lowest BCUT2D eigenvalue weighted by Crippen LogP contribution is -2.33. The maximum atomic E-state index is 12.4. The highest BCUT2D eigenvalue weighted by Crippen LogP contribution is 2.32. The summed E-state index contributed by atoms with van der Waals surface area (Å²) >= 11 is 1.99. The number of nitrogens with one attached hydrogen (secondary N) is 2. The molecule has 0 radical (unpaired) electrons. The van der Waals surface area contributed by atoms with Crippen LogP contribution in [0.2, 0.25) is 0 Å². The summed E-state index contributed by atoms with van der Waals surface area (Å²) in [5, 5.41) is 16.6. The molecular weight excluding hydrogens is 501 g/mol. The van der Waals surface area contributed by atoms with Crippen LogP contribution in [-0.2, 0) is 9.53 Å². The van der Waals surface area contributed by atoms with Gasteiger partial charge in [0.2, 0.25) is 5.91 Å². The van der Waals surface area contributed by atoms with Crippen LogP contribution in [0.4, 0.5) is 4.79 Å². The van der Waals surface area contributed by atoms with E-state index in [1.165, 1.54) is 6.21 Å². The second kappa shape index (κ2) is 12.0. The predicted octanol–water partition coefficient (Wildman–Crippen LogP) is 3.72. The Balaban J connectivity index is 2.04.